The molecule has 0 bridgehead atoms. The van der Waals surface area contributed by atoms with Crippen LogP contribution in [0.1, 0.15) is 16.2 Å². The molecule has 3 heterocycles. The molecule has 26 heavy (non-hydrogen) atoms. The van der Waals surface area contributed by atoms with E-state index in [9.17, 15) is 9.59 Å². The molecule has 1 fully saturated rings. The first-order chi connectivity index (χ1) is 12.6. The fourth-order valence-corrected chi connectivity index (χ4v) is 3.94. The Morgan fingerprint density at radius 2 is 2.00 bits per heavy atom. The lowest BCUT2D eigenvalue weighted by Crippen LogP contribution is -2.52. The van der Waals surface area contributed by atoms with Crippen LogP contribution in [0.2, 0.25) is 0 Å². The van der Waals surface area contributed by atoms with E-state index in [2.05, 4.69) is 4.98 Å². The highest BCUT2D eigenvalue weighted by Gasteiger charge is 2.31. The molecule has 0 spiro atoms. The first kappa shape index (κ1) is 16.6. The molecule has 1 saturated heterocycles. The molecule has 0 radical (unpaired) electrons. The summed E-state index contributed by atoms with van der Waals surface area (Å²) in [5, 5.41) is 1.89. The lowest BCUT2D eigenvalue weighted by Gasteiger charge is -2.34. The third-order valence-electron chi connectivity index (χ3n) is 4.53. The Labute approximate surface area is 154 Å². The van der Waals surface area contributed by atoms with E-state index in [4.69, 9.17) is 4.74 Å². The predicted octanol–water partition coefficient (Wildman–Crippen LogP) is 2.20. The van der Waals surface area contributed by atoms with Crippen molar-refractivity contribution in [1.29, 1.82) is 0 Å². The van der Waals surface area contributed by atoms with Gasteiger partial charge in [0.1, 0.15) is 18.0 Å². The number of amides is 2. The molecule has 0 atom stereocenters. The second-order valence-corrected chi connectivity index (χ2v) is 6.94. The summed E-state index contributed by atoms with van der Waals surface area (Å²) in [6.45, 7) is 2.82. The van der Waals surface area contributed by atoms with Crippen molar-refractivity contribution in [3.63, 3.8) is 0 Å². The zero-order valence-electron chi connectivity index (χ0n) is 14.5. The van der Waals surface area contributed by atoms with Gasteiger partial charge in [0.05, 0.1) is 12.8 Å². The molecule has 3 aromatic rings. The normalized spacial score (nSPS) is 14.9. The molecule has 1 aliphatic heterocycles. The number of carbonyl (C=O) groups is 2. The smallest absolute Gasteiger partial charge is 0.273 e. The van der Waals surface area contributed by atoms with Gasteiger partial charge in [-0.05, 0) is 31.2 Å². The molecule has 0 aliphatic carbocycles. The number of thiazole rings is 1. The number of nitrogens with zero attached hydrogens (tertiary/aromatic N) is 4. The van der Waals surface area contributed by atoms with Gasteiger partial charge >= 0.3 is 0 Å². The molecular formula is C18H18N4O3S. The molecule has 2 amide bonds. The minimum atomic E-state index is -0.156. The zero-order valence-corrected chi connectivity index (χ0v) is 15.3. The minimum absolute atomic E-state index is 0.0572. The van der Waals surface area contributed by atoms with Gasteiger partial charge in [0.2, 0.25) is 5.91 Å². The Kier molecular flexibility index (Phi) is 4.12. The van der Waals surface area contributed by atoms with Crippen molar-refractivity contribution < 1.29 is 14.3 Å². The number of hydrogen-bond donors (Lipinski definition) is 0. The highest BCUT2D eigenvalue weighted by molar-refractivity contribution is 7.15. The number of ether oxygens (including phenoxy) is 1. The summed E-state index contributed by atoms with van der Waals surface area (Å²) < 4.78 is 6.94. The Bertz CT molecular complexity index is 976. The van der Waals surface area contributed by atoms with Crippen LogP contribution in [0, 0.1) is 6.92 Å². The SMILES string of the molecule is COc1ccc(N2CCN(C(=O)c3c(C)nc4sccn34)CC2=O)cc1. The van der Waals surface area contributed by atoms with Crippen molar-refractivity contribution in [2.24, 2.45) is 0 Å². The van der Waals surface area contributed by atoms with Crippen molar-refractivity contribution in [3.8, 4) is 5.75 Å². The van der Waals surface area contributed by atoms with Crippen molar-refractivity contribution in [3.05, 3.63) is 47.2 Å². The van der Waals surface area contributed by atoms with Gasteiger partial charge in [-0.1, -0.05) is 0 Å². The van der Waals surface area contributed by atoms with Crippen molar-refractivity contribution in [1.82, 2.24) is 14.3 Å². The van der Waals surface area contributed by atoms with Gasteiger partial charge in [0, 0.05) is 30.4 Å². The van der Waals surface area contributed by atoms with Gasteiger partial charge < -0.3 is 14.5 Å². The van der Waals surface area contributed by atoms with Crippen molar-refractivity contribution in [2.45, 2.75) is 6.92 Å². The lowest BCUT2D eigenvalue weighted by molar-refractivity contribution is -0.120. The number of rotatable bonds is 3. The van der Waals surface area contributed by atoms with Crippen LogP contribution in [0.15, 0.2) is 35.8 Å². The average molecular weight is 370 g/mol. The van der Waals surface area contributed by atoms with E-state index >= 15 is 0 Å². The van der Waals surface area contributed by atoms with Gasteiger partial charge in [0.15, 0.2) is 4.96 Å². The first-order valence-corrected chi connectivity index (χ1v) is 9.12. The largest absolute Gasteiger partial charge is 0.497 e. The maximum atomic E-state index is 12.9. The van der Waals surface area contributed by atoms with Crippen molar-refractivity contribution >= 4 is 33.8 Å². The van der Waals surface area contributed by atoms with E-state index in [0.29, 0.717) is 24.5 Å². The summed E-state index contributed by atoms with van der Waals surface area (Å²) in [6, 6.07) is 7.35. The number of benzene rings is 1. The van der Waals surface area contributed by atoms with Crippen molar-refractivity contribution in [2.75, 3.05) is 31.6 Å². The molecule has 0 unspecified atom stereocenters. The van der Waals surface area contributed by atoms with E-state index in [1.165, 1.54) is 11.3 Å². The fourth-order valence-electron chi connectivity index (χ4n) is 3.18. The second kappa shape index (κ2) is 6.45. The summed E-state index contributed by atoms with van der Waals surface area (Å²) >= 11 is 1.48. The Morgan fingerprint density at radius 1 is 1.23 bits per heavy atom. The summed E-state index contributed by atoms with van der Waals surface area (Å²) in [6.07, 6.45) is 1.84. The monoisotopic (exact) mass is 370 g/mol. The van der Waals surface area contributed by atoms with Crippen LogP contribution in [-0.2, 0) is 4.79 Å². The maximum absolute atomic E-state index is 12.9. The first-order valence-electron chi connectivity index (χ1n) is 8.24. The number of anilines is 1. The maximum Gasteiger partial charge on any atom is 0.273 e. The van der Waals surface area contributed by atoms with Crippen LogP contribution in [0.3, 0.4) is 0 Å². The molecule has 4 rings (SSSR count). The number of aromatic nitrogens is 2. The van der Waals surface area contributed by atoms with E-state index in [1.54, 1.807) is 21.3 Å². The van der Waals surface area contributed by atoms with Gasteiger partial charge in [-0.3, -0.25) is 14.0 Å². The molecular weight excluding hydrogens is 352 g/mol. The molecule has 2 aromatic heterocycles. The number of methoxy groups -OCH3 is 1. The van der Waals surface area contributed by atoms with Crippen LogP contribution >= 0.6 is 11.3 Å². The Morgan fingerprint density at radius 3 is 2.69 bits per heavy atom. The van der Waals surface area contributed by atoms with E-state index in [-0.39, 0.29) is 18.4 Å². The van der Waals surface area contributed by atoms with Crippen LogP contribution in [0.25, 0.3) is 4.96 Å². The Balaban J connectivity index is 1.53. The summed E-state index contributed by atoms with van der Waals surface area (Å²) in [7, 11) is 1.60. The van der Waals surface area contributed by atoms with Gasteiger partial charge in [-0.15, -0.1) is 11.3 Å². The van der Waals surface area contributed by atoms with Gasteiger partial charge in [-0.25, -0.2) is 4.98 Å². The number of aryl methyl sites for hydroxylation is 1. The lowest BCUT2D eigenvalue weighted by atomic mass is 10.2. The highest BCUT2D eigenvalue weighted by Crippen LogP contribution is 2.23. The quantitative estimate of drug-likeness (QED) is 0.709. The average Bonchev–Trinajstić information content (AvgIpc) is 3.21. The van der Waals surface area contributed by atoms with E-state index in [1.807, 2.05) is 42.8 Å². The molecule has 8 heteroatoms. The van der Waals surface area contributed by atoms with Gasteiger partial charge in [0.25, 0.3) is 5.91 Å². The topological polar surface area (TPSA) is 67.2 Å². The summed E-state index contributed by atoms with van der Waals surface area (Å²) in [5.41, 5.74) is 2.03. The number of imidazole rings is 1. The number of carbonyl (C=O) groups excluding carboxylic acids is 2. The van der Waals surface area contributed by atoms with Gasteiger partial charge in [-0.2, -0.15) is 0 Å². The number of piperazine rings is 1. The molecule has 134 valence electrons. The minimum Gasteiger partial charge on any atom is -0.497 e. The molecule has 0 N–H and O–H groups in total. The number of hydrogen-bond acceptors (Lipinski definition) is 5. The van der Waals surface area contributed by atoms with Crippen LogP contribution in [0.4, 0.5) is 5.69 Å². The fraction of sp³-hybridized carbons (Fsp3) is 0.278. The zero-order chi connectivity index (χ0) is 18.3. The third-order valence-corrected chi connectivity index (χ3v) is 5.29. The highest BCUT2D eigenvalue weighted by atomic mass is 32.1. The standard InChI is InChI=1S/C18H18N4O3S/c1-12-16(22-9-10-26-18(22)19-12)17(24)20-7-8-21(15(23)11-20)13-3-5-14(25-2)6-4-13/h3-6,9-10H,7-8,11H2,1-2H3. The number of fused-ring (bicyclic) bond motifs is 1. The second-order valence-electron chi connectivity index (χ2n) is 6.07. The predicted molar refractivity (Wildman–Crippen MR) is 99.1 cm³/mol. The molecule has 1 aromatic carbocycles. The van der Waals surface area contributed by atoms with E-state index in [0.717, 1.165) is 16.4 Å². The Hall–Kier alpha value is -2.87. The van der Waals surface area contributed by atoms with E-state index < -0.39 is 0 Å². The van der Waals surface area contributed by atoms with Crippen LogP contribution in [-0.4, -0.2) is 52.8 Å². The molecule has 7 nitrogen and oxygen atoms in total. The van der Waals surface area contributed by atoms with Crippen LogP contribution in [0.5, 0.6) is 5.75 Å². The summed E-state index contributed by atoms with van der Waals surface area (Å²) in [4.78, 5) is 34.1. The molecule has 0 saturated carbocycles. The molecule has 1 aliphatic rings. The third kappa shape index (κ3) is 2.72. The van der Waals surface area contributed by atoms with Crippen LogP contribution < -0.4 is 9.64 Å². The summed E-state index contributed by atoms with van der Waals surface area (Å²) in [5.74, 6) is 0.487.